The molecule has 1 aliphatic carbocycles. The lowest BCUT2D eigenvalue weighted by molar-refractivity contribution is -0.136. The van der Waals surface area contributed by atoms with Gasteiger partial charge in [0.2, 0.25) is 11.8 Å². The third kappa shape index (κ3) is 7.63. The molecular formula is C41H46N10O5. The molecule has 0 spiro atoms. The number of piperidine rings is 3. The van der Waals surface area contributed by atoms with E-state index < -0.39 is 29.7 Å². The number of aromatic nitrogens is 2. The van der Waals surface area contributed by atoms with Gasteiger partial charge in [0.15, 0.2) is 5.82 Å². The summed E-state index contributed by atoms with van der Waals surface area (Å²) in [7, 11) is 0. The quantitative estimate of drug-likeness (QED) is 0.102. The average molecular weight is 759 g/mol. The second-order valence-electron chi connectivity index (χ2n) is 15.4. The van der Waals surface area contributed by atoms with E-state index in [0.717, 1.165) is 93.0 Å². The highest BCUT2D eigenvalue weighted by atomic mass is 16.2. The largest absolute Gasteiger partial charge is 0.404 e. The maximum Gasteiger partial charge on any atom is 0.262 e. The zero-order valence-corrected chi connectivity index (χ0v) is 31.2. The molecule has 290 valence electrons. The highest BCUT2D eigenvalue weighted by molar-refractivity contribution is 6.25. The average Bonchev–Trinajstić information content (AvgIpc) is 4.02. The topological polar surface area (TPSA) is 209 Å². The molecule has 3 saturated heterocycles. The standard InChI is InChI=1S/C41H46N10O5/c42-21-32(37-44-12-1-13-45-37)38(53)47-34-18-26(33(43)20-30(34)25-2-3-25)22-46-27-10-14-49(15-11-27)23-24-8-16-50(17-9-24)28-4-5-29-31(19-28)41(56)51(40(29)55)35-6-7-36(52)48-39(35)54/h1,4-5,12-13,18-22,24-25,27,35H,2-3,6-11,14-17,23,42-43H2,(H,47,53)(H,48,52,54)/b32-21+,46-22?. The number of hydrogen-bond donors (Lipinski definition) is 4. The molecule has 15 heteroatoms. The molecule has 1 aromatic heterocycles. The third-order valence-electron chi connectivity index (χ3n) is 11.6. The predicted octanol–water partition coefficient (Wildman–Crippen LogP) is 3.08. The van der Waals surface area contributed by atoms with Crippen LogP contribution in [0.1, 0.15) is 95.0 Å². The Morgan fingerprint density at radius 3 is 2.34 bits per heavy atom. The van der Waals surface area contributed by atoms with Crippen molar-refractivity contribution in [2.75, 3.05) is 48.7 Å². The fourth-order valence-corrected chi connectivity index (χ4v) is 8.31. The normalized spacial score (nSPS) is 21.5. The molecule has 6 N–H and O–H groups in total. The zero-order valence-electron chi connectivity index (χ0n) is 31.2. The van der Waals surface area contributed by atoms with Crippen LogP contribution >= 0.6 is 0 Å². The van der Waals surface area contributed by atoms with Gasteiger partial charge in [-0.25, -0.2) is 9.97 Å². The summed E-state index contributed by atoms with van der Waals surface area (Å²) in [6, 6.07) is 10.1. The van der Waals surface area contributed by atoms with E-state index in [0.29, 0.717) is 34.3 Å². The zero-order chi connectivity index (χ0) is 38.9. The first kappa shape index (κ1) is 37.0. The van der Waals surface area contributed by atoms with Crippen LogP contribution in [0.25, 0.3) is 5.57 Å². The summed E-state index contributed by atoms with van der Waals surface area (Å²) in [5, 5.41) is 5.27. The Morgan fingerprint density at radius 2 is 1.64 bits per heavy atom. The van der Waals surface area contributed by atoms with E-state index in [2.05, 4.69) is 30.4 Å². The predicted molar refractivity (Wildman–Crippen MR) is 211 cm³/mol. The van der Waals surface area contributed by atoms with Gasteiger partial charge in [-0.2, -0.15) is 0 Å². The molecular weight excluding hydrogens is 713 g/mol. The number of fused-ring (bicyclic) bond motifs is 1. The van der Waals surface area contributed by atoms with Crippen molar-refractivity contribution >= 4 is 58.4 Å². The number of imide groups is 2. The number of benzene rings is 2. The van der Waals surface area contributed by atoms with Crippen molar-refractivity contribution in [2.45, 2.75) is 69.4 Å². The van der Waals surface area contributed by atoms with E-state index in [1.165, 1.54) is 6.20 Å². The molecule has 4 fully saturated rings. The molecule has 0 radical (unpaired) electrons. The van der Waals surface area contributed by atoms with Crippen LogP contribution in [-0.2, 0) is 14.4 Å². The van der Waals surface area contributed by atoms with Crippen LogP contribution in [-0.4, -0.2) is 100 Å². The molecule has 3 aromatic rings. The molecule has 56 heavy (non-hydrogen) atoms. The van der Waals surface area contributed by atoms with E-state index in [1.54, 1.807) is 30.6 Å². The smallest absolute Gasteiger partial charge is 0.262 e. The molecule has 5 heterocycles. The first-order valence-corrected chi connectivity index (χ1v) is 19.5. The first-order valence-electron chi connectivity index (χ1n) is 19.5. The van der Waals surface area contributed by atoms with Crippen molar-refractivity contribution in [3.05, 3.63) is 83.1 Å². The lowest BCUT2D eigenvalue weighted by atomic mass is 9.94. The number of nitrogens with zero attached hydrogens (tertiary/aromatic N) is 6. The van der Waals surface area contributed by atoms with Gasteiger partial charge in [0.1, 0.15) is 6.04 Å². The first-order chi connectivity index (χ1) is 27.2. The highest BCUT2D eigenvalue weighted by Gasteiger charge is 2.45. The van der Waals surface area contributed by atoms with E-state index in [4.69, 9.17) is 16.5 Å². The van der Waals surface area contributed by atoms with Crippen molar-refractivity contribution in [1.82, 2.24) is 25.1 Å². The molecule has 0 bridgehead atoms. The van der Waals surface area contributed by atoms with Gasteiger partial charge in [0.25, 0.3) is 17.7 Å². The van der Waals surface area contributed by atoms with E-state index in [-0.39, 0.29) is 36.2 Å². The Bertz CT molecular complexity index is 2120. The minimum atomic E-state index is -0.973. The second kappa shape index (κ2) is 15.6. The molecule has 5 amide bonds. The summed E-state index contributed by atoms with van der Waals surface area (Å²) in [6.07, 6.45) is 12.4. The summed E-state index contributed by atoms with van der Waals surface area (Å²) in [4.78, 5) is 82.9. The van der Waals surface area contributed by atoms with Gasteiger partial charge >= 0.3 is 0 Å². The van der Waals surface area contributed by atoms with Crippen molar-refractivity contribution < 1.29 is 24.0 Å². The van der Waals surface area contributed by atoms with Crippen LogP contribution in [0.4, 0.5) is 17.1 Å². The lowest BCUT2D eigenvalue weighted by Crippen LogP contribution is -2.54. The SMILES string of the molecule is N/C=C(/C(=O)Nc1cc(C=NC2CCN(CC3CCN(c4ccc5c(c4)C(=O)N(C4CCC(=O)NC4=O)C5=O)CC3)CC2)c(N)cc1C1CC1)c1ncccn1. The number of nitrogens with one attached hydrogen (secondary N) is 2. The number of amides is 5. The van der Waals surface area contributed by atoms with Gasteiger partial charge in [-0.3, -0.25) is 39.2 Å². The summed E-state index contributed by atoms with van der Waals surface area (Å²) >= 11 is 0. The van der Waals surface area contributed by atoms with Crippen LogP contribution < -0.4 is 27.0 Å². The Morgan fingerprint density at radius 1 is 0.911 bits per heavy atom. The molecule has 5 aliphatic rings. The number of rotatable bonds is 10. The van der Waals surface area contributed by atoms with Crippen LogP contribution in [0.15, 0.2) is 60.0 Å². The molecule has 2 aromatic carbocycles. The van der Waals surface area contributed by atoms with Crippen molar-refractivity contribution in [3.8, 4) is 0 Å². The molecule has 15 nitrogen and oxygen atoms in total. The number of likely N-dealkylation sites (tertiary alicyclic amines) is 1. The van der Waals surface area contributed by atoms with Crippen molar-refractivity contribution in [3.63, 3.8) is 0 Å². The number of nitrogen functional groups attached to an aromatic ring is 1. The maximum absolute atomic E-state index is 13.3. The van der Waals surface area contributed by atoms with E-state index >= 15 is 0 Å². The van der Waals surface area contributed by atoms with Crippen molar-refractivity contribution in [2.24, 2.45) is 16.6 Å². The Kier molecular flexibility index (Phi) is 10.3. The number of hydrogen-bond acceptors (Lipinski definition) is 12. The fraction of sp³-hybridized carbons (Fsp3) is 0.415. The van der Waals surface area contributed by atoms with Crippen LogP contribution in [0.2, 0.25) is 0 Å². The minimum Gasteiger partial charge on any atom is -0.404 e. The summed E-state index contributed by atoms with van der Waals surface area (Å²) in [6.45, 7) is 4.63. The van der Waals surface area contributed by atoms with Gasteiger partial charge in [0.05, 0.1) is 22.7 Å². The summed E-state index contributed by atoms with van der Waals surface area (Å²) in [5.74, 6) is -1.20. The highest BCUT2D eigenvalue weighted by Crippen LogP contribution is 2.45. The van der Waals surface area contributed by atoms with Gasteiger partial charge in [-0.1, -0.05) is 0 Å². The van der Waals surface area contributed by atoms with Gasteiger partial charge in [-0.05, 0) is 98.7 Å². The number of aliphatic imine (C=N–C) groups is 1. The number of anilines is 3. The molecule has 1 unspecified atom stereocenters. The molecule has 1 atom stereocenters. The number of carbonyl (C=O) groups is 5. The minimum absolute atomic E-state index is 0.0908. The molecule has 8 rings (SSSR count). The Balaban J connectivity index is 0.829. The van der Waals surface area contributed by atoms with Crippen molar-refractivity contribution in [1.29, 1.82) is 0 Å². The summed E-state index contributed by atoms with van der Waals surface area (Å²) < 4.78 is 0. The number of nitrogens with two attached hydrogens (primary N) is 2. The third-order valence-corrected chi connectivity index (χ3v) is 11.6. The monoisotopic (exact) mass is 758 g/mol. The lowest BCUT2D eigenvalue weighted by Gasteiger charge is -2.38. The van der Waals surface area contributed by atoms with Crippen LogP contribution in [0, 0.1) is 5.92 Å². The van der Waals surface area contributed by atoms with Gasteiger partial charge in [0, 0.05) is 86.6 Å². The fourth-order valence-electron chi connectivity index (χ4n) is 8.31. The molecule has 1 saturated carbocycles. The maximum atomic E-state index is 13.3. The van der Waals surface area contributed by atoms with Crippen LogP contribution in [0.3, 0.4) is 0 Å². The second-order valence-corrected chi connectivity index (χ2v) is 15.4. The Hall–Kier alpha value is -5.96. The van der Waals surface area contributed by atoms with E-state index in [9.17, 15) is 24.0 Å². The molecule has 4 aliphatic heterocycles. The summed E-state index contributed by atoms with van der Waals surface area (Å²) in [5.41, 5.74) is 17.1. The van der Waals surface area contributed by atoms with Gasteiger partial charge < -0.3 is 26.6 Å². The van der Waals surface area contributed by atoms with Crippen LogP contribution in [0.5, 0.6) is 0 Å². The van der Waals surface area contributed by atoms with E-state index in [1.807, 2.05) is 24.4 Å². The number of carbonyl (C=O) groups excluding carboxylic acids is 5. The Labute approximate surface area is 324 Å². The van der Waals surface area contributed by atoms with Gasteiger partial charge in [-0.15, -0.1) is 0 Å².